The fraction of sp³-hybridized carbons (Fsp3) is 0.353. The lowest BCUT2D eigenvalue weighted by Gasteiger charge is -2.16. The third kappa shape index (κ3) is 2.46. The molecule has 0 bridgehead atoms. The van der Waals surface area contributed by atoms with Crippen molar-refractivity contribution in [2.75, 3.05) is 19.7 Å². The van der Waals surface area contributed by atoms with Crippen LogP contribution >= 0.6 is 0 Å². The van der Waals surface area contributed by atoms with Crippen molar-refractivity contribution in [1.29, 1.82) is 0 Å². The number of nitrogens with one attached hydrogen (secondary N) is 1. The van der Waals surface area contributed by atoms with E-state index in [1.807, 2.05) is 30.5 Å². The van der Waals surface area contributed by atoms with Crippen LogP contribution in [0.2, 0.25) is 0 Å². The van der Waals surface area contributed by atoms with Gasteiger partial charge in [0.15, 0.2) is 5.82 Å². The fourth-order valence-corrected chi connectivity index (χ4v) is 3.33. The van der Waals surface area contributed by atoms with E-state index in [1.165, 1.54) is 0 Å². The summed E-state index contributed by atoms with van der Waals surface area (Å²) in [6.07, 6.45) is 1.85. The largest absolute Gasteiger partial charge is 0.396 e. The highest BCUT2D eigenvalue weighted by atomic mass is 16.5. The Morgan fingerprint density at radius 1 is 1.42 bits per heavy atom. The Hall–Kier alpha value is -2.67. The Morgan fingerprint density at radius 2 is 2.29 bits per heavy atom. The maximum Gasteiger partial charge on any atom is 0.253 e. The first-order valence-electron chi connectivity index (χ1n) is 7.93. The number of likely N-dealkylation sites (tertiary alicyclic amines) is 1. The number of carbonyl (C=O) groups is 1. The Balaban J connectivity index is 1.58. The molecule has 3 heterocycles. The minimum absolute atomic E-state index is 0.0223. The molecule has 1 aromatic carbocycles. The van der Waals surface area contributed by atoms with E-state index >= 15 is 0 Å². The van der Waals surface area contributed by atoms with Gasteiger partial charge in [-0.05, 0) is 30.5 Å². The number of hydrogen-bond donors (Lipinski definition) is 2. The summed E-state index contributed by atoms with van der Waals surface area (Å²) < 4.78 is 5.25. The summed E-state index contributed by atoms with van der Waals surface area (Å²) in [5.41, 5.74) is 1.56. The van der Waals surface area contributed by atoms with Crippen LogP contribution in [0.5, 0.6) is 0 Å². The third-order valence-electron chi connectivity index (χ3n) is 4.63. The van der Waals surface area contributed by atoms with Crippen LogP contribution in [0, 0.1) is 12.8 Å². The number of aliphatic hydroxyl groups excluding tert-OH is 1. The quantitative estimate of drug-likeness (QED) is 0.764. The van der Waals surface area contributed by atoms with Gasteiger partial charge in [-0.15, -0.1) is 0 Å². The molecule has 0 radical (unpaired) electrons. The maximum atomic E-state index is 12.8. The Bertz CT molecular complexity index is 885. The number of fused-ring (bicyclic) bond motifs is 1. The Morgan fingerprint density at radius 3 is 3.04 bits per heavy atom. The van der Waals surface area contributed by atoms with E-state index in [0.717, 1.165) is 10.9 Å². The van der Waals surface area contributed by atoms with Gasteiger partial charge in [0, 0.05) is 42.9 Å². The van der Waals surface area contributed by atoms with Crippen LogP contribution in [0.15, 0.2) is 35.0 Å². The zero-order valence-corrected chi connectivity index (χ0v) is 13.3. The number of aryl methyl sites for hydroxylation is 1. The van der Waals surface area contributed by atoms with E-state index in [0.29, 0.717) is 30.4 Å². The van der Waals surface area contributed by atoms with Gasteiger partial charge in [0.1, 0.15) is 0 Å². The molecule has 7 heteroatoms. The molecule has 2 N–H and O–H groups in total. The average Bonchev–Trinajstić information content (AvgIpc) is 3.31. The van der Waals surface area contributed by atoms with Gasteiger partial charge in [0.05, 0.1) is 5.92 Å². The van der Waals surface area contributed by atoms with Crippen molar-refractivity contribution >= 4 is 16.8 Å². The summed E-state index contributed by atoms with van der Waals surface area (Å²) in [5.74, 6) is 0.770. The Labute approximate surface area is 138 Å². The summed E-state index contributed by atoms with van der Waals surface area (Å²) >= 11 is 0. The maximum absolute atomic E-state index is 12.8. The first kappa shape index (κ1) is 14.9. The van der Waals surface area contributed by atoms with Gasteiger partial charge in [-0.2, -0.15) is 4.98 Å². The second-order valence-corrected chi connectivity index (χ2v) is 6.22. The molecule has 4 rings (SSSR count). The number of hydrogen-bond acceptors (Lipinski definition) is 5. The van der Waals surface area contributed by atoms with Crippen LogP contribution in [0.4, 0.5) is 0 Å². The predicted molar refractivity (Wildman–Crippen MR) is 86.6 cm³/mol. The fourth-order valence-electron chi connectivity index (χ4n) is 3.33. The molecule has 1 saturated heterocycles. The van der Waals surface area contributed by atoms with Crippen molar-refractivity contribution in [2.24, 2.45) is 5.92 Å². The molecule has 1 amide bonds. The molecule has 2 aromatic heterocycles. The zero-order valence-electron chi connectivity index (χ0n) is 13.3. The van der Waals surface area contributed by atoms with Crippen molar-refractivity contribution in [3.8, 4) is 0 Å². The predicted octanol–water partition coefficient (Wildman–Crippen LogP) is 1.71. The molecule has 24 heavy (non-hydrogen) atoms. The highest BCUT2D eigenvalue weighted by Gasteiger charge is 2.39. The van der Waals surface area contributed by atoms with Gasteiger partial charge >= 0.3 is 0 Å². The second kappa shape index (κ2) is 5.76. The number of amides is 1. The van der Waals surface area contributed by atoms with Crippen molar-refractivity contribution in [3.63, 3.8) is 0 Å². The van der Waals surface area contributed by atoms with Gasteiger partial charge in [-0.1, -0.05) is 11.2 Å². The third-order valence-corrected chi connectivity index (χ3v) is 4.63. The zero-order chi connectivity index (χ0) is 16.7. The molecule has 1 fully saturated rings. The lowest BCUT2D eigenvalue weighted by Crippen LogP contribution is -2.29. The van der Waals surface area contributed by atoms with Crippen LogP contribution in [-0.2, 0) is 0 Å². The molecule has 3 aromatic rings. The van der Waals surface area contributed by atoms with Crippen LogP contribution in [0.1, 0.15) is 28.0 Å². The minimum Gasteiger partial charge on any atom is -0.396 e. The highest BCUT2D eigenvalue weighted by Crippen LogP contribution is 2.32. The van der Waals surface area contributed by atoms with Crippen molar-refractivity contribution in [3.05, 3.63) is 47.7 Å². The molecular formula is C17H18N4O3. The smallest absolute Gasteiger partial charge is 0.253 e. The van der Waals surface area contributed by atoms with E-state index < -0.39 is 0 Å². The molecule has 1 aliphatic heterocycles. The van der Waals surface area contributed by atoms with E-state index in [4.69, 9.17) is 4.52 Å². The van der Waals surface area contributed by atoms with E-state index in [1.54, 1.807) is 11.8 Å². The normalized spacial score (nSPS) is 20.8. The molecule has 124 valence electrons. The molecule has 0 aliphatic carbocycles. The molecule has 1 aliphatic rings. The topological polar surface area (TPSA) is 95.2 Å². The summed E-state index contributed by atoms with van der Waals surface area (Å²) in [4.78, 5) is 21.9. The van der Waals surface area contributed by atoms with Gasteiger partial charge in [-0.3, -0.25) is 4.79 Å². The number of aliphatic hydroxyl groups is 1. The lowest BCUT2D eigenvalue weighted by atomic mass is 9.97. The number of rotatable bonds is 3. The molecule has 0 saturated carbocycles. The van der Waals surface area contributed by atoms with E-state index in [2.05, 4.69) is 15.1 Å². The standard InChI is InChI=1S/C17H18N4O3/c1-10-19-16(24-20-10)14-8-21(7-13(14)9-22)17(23)12-3-2-11-4-5-18-15(11)6-12/h2-6,13-14,18,22H,7-9H2,1H3/t13-,14+/m0/s1. The second-order valence-electron chi connectivity index (χ2n) is 6.22. The number of aromatic nitrogens is 3. The average molecular weight is 326 g/mol. The van der Waals surface area contributed by atoms with Crippen molar-refractivity contribution in [1.82, 2.24) is 20.0 Å². The van der Waals surface area contributed by atoms with Crippen LogP contribution in [-0.4, -0.2) is 50.7 Å². The van der Waals surface area contributed by atoms with Crippen LogP contribution in [0.25, 0.3) is 10.9 Å². The minimum atomic E-state index is -0.130. The lowest BCUT2D eigenvalue weighted by molar-refractivity contribution is 0.0781. The first-order valence-corrected chi connectivity index (χ1v) is 7.93. The Kier molecular flexibility index (Phi) is 3.57. The van der Waals surface area contributed by atoms with E-state index in [-0.39, 0.29) is 24.3 Å². The summed E-state index contributed by atoms with van der Waals surface area (Å²) in [7, 11) is 0. The molecular weight excluding hydrogens is 308 g/mol. The van der Waals surface area contributed by atoms with Crippen molar-refractivity contribution < 1.29 is 14.4 Å². The number of benzene rings is 1. The number of nitrogens with zero attached hydrogens (tertiary/aromatic N) is 3. The van der Waals surface area contributed by atoms with Crippen molar-refractivity contribution in [2.45, 2.75) is 12.8 Å². The van der Waals surface area contributed by atoms with Crippen LogP contribution < -0.4 is 0 Å². The highest BCUT2D eigenvalue weighted by molar-refractivity contribution is 5.98. The molecule has 7 nitrogen and oxygen atoms in total. The molecule has 0 unspecified atom stereocenters. The summed E-state index contributed by atoms with van der Waals surface area (Å²) in [6, 6.07) is 7.58. The summed E-state index contributed by atoms with van der Waals surface area (Å²) in [5, 5.41) is 14.5. The number of H-pyrrole nitrogens is 1. The van der Waals surface area contributed by atoms with Gasteiger partial charge in [0.2, 0.25) is 5.89 Å². The number of aromatic amines is 1. The van der Waals surface area contributed by atoms with E-state index in [9.17, 15) is 9.90 Å². The molecule has 2 atom stereocenters. The molecule has 0 spiro atoms. The summed E-state index contributed by atoms with van der Waals surface area (Å²) in [6.45, 7) is 2.68. The van der Waals surface area contributed by atoms with Gasteiger partial charge in [0.25, 0.3) is 5.91 Å². The SMILES string of the molecule is Cc1noc([C@@H]2CN(C(=O)c3ccc4cc[nH]c4c3)C[C@H]2CO)n1. The van der Waals surface area contributed by atoms with Crippen LogP contribution in [0.3, 0.4) is 0 Å². The van der Waals surface area contributed by atoms with Gasteiger partial charge in [-0.25, -0.2) is 0 Å². The first-order chi connectivity index (χ1) is 11.7. The monoisotopic (exact) mass is 326 g/mol. The number of carbonyl (C=O) groups excluding carboxylic acids is 1. The van der Waals surface area contributed by atoms with Gasteiger partial charge < -0.3 is 19.5 Å².